The summed E-state index contributed by atoms with van der Waals surface area (Å²) in [6, 6.07) is 8.67. The molecule has 0 radical (unpaired) electrons. The molecule has 0 atom stereocenters. The summed E-state index contributed by atoms with van der Waals surface area (Å²) in [5.74, 6) is 1.53. The van der Waals surface area contributed by atoms with E-state index in [0.717, 1.165) is 38.8 Å². The van der Waals surface area contributed by atoms with Gasteiger partial charge in [0.05, 0.1) is 4.90 Å². The Morgan fingerprint density at radius 2 is 1.75 bits per heavy atom. The Morgan fingerprint density at radius 3 is 2.36 bits per heavy atom. The molecule has 0 spiro atoms. The normalized spacial score (nSPS) is 19.1. The van der Waals surface area contributed by atoms with Gasteiger partial charge in [-0.25, -0.2) is 8.42 Å². The summed E-state index contributed by atoms with van der Waals surface area (Å²) in [4.78, 5) is 6.68. The molecule has 2 aromatic rings. The minimum Gasteiger partial charge on any atom is -0.419 e. The Hall–Kier alpha value is -2.37. The summed E-state index contributed by atoms with van der Waals surface area (Å²) in [6.45, 7) is 5.07. The molecule has 2 saturated heterocycles. The Kier molecular flexibility index (Phi) is 5.13. The first-order chi connectivity index (χ1) is 13.5. The van der Waals surface area contributed by atoms with Crippen LogP contribution >= 0.6 is 0 Å². The van der Waals surface area contributed by atoms with Gasteiger partial charge in [-0.1, -0.05) is 6.92 Å². The molecular weight excluding hydrogens is 376 g/mol. The lowest BCUT2D eigenvalue weighted by atomic mass is 9.99. The van der Waals surface area contributed by atoms with Crippen LogP contribution in [0.3, 0.4) is 0 Å². The van der Waals surface area contributed by atoms with Crippen molar-refractivity contribution in [3.05, 3.63) is 30.0 Å². The average Bonchev–Trinajstić information content (AvgIpc) is 3.39. The Balaban J connectivity index is 1.59. The number of benzene rings is 1. The molecular formula is C20H24N4O3S. The van der Waals surface area contributed by atoms with Gasteiger partial charge in [0.15, 0.2) is 0 Å². The van der Waals surface area contributed by atoms with Crippen molar-refractivity contribution in [1.82, 2.24) is 9.29 Å². The average molecular weight is 401 g/mol. The van der Waals surface area contributed by atoms with E-state index in [1.165, 1.54) is 4.31 Å². The van der Waals surface area contributed by atoms with Crippen molar-refractivity contribution in [3.8, 4) is 17.5 Å². The van der Waals surface area contributed by atoms with Crippen molar-refractivity contribution >= 4 is 15.9 Å². The van der Waals surface area contributed by atoms with Crippen LogP contribution in [0.15, 0.2) is 33.6 Å². The van der Waals surface area contributed by atoms with E-state index in [0.29, 0.717) is 36.3 Å². The van der Waals surface area contributed by atoms with Gasteiger partial charge in [-0.2, -0.15) is 14.6 Å². The molecule has 3 heterocycles. The first-order valence-corrected chi connectivity index (χ1v) is 11.2. The number of rotatable bonds is 4. The van der Waals surface area contributed by atoms with Crippen LogP contribution in [-0.2, 0) is 10.0 Å². The maximum atomic E-state index is 12.7. The summed E-state index contributed by atoms with van der Waals surface area (Å²) in [7, 11) is -3.45. The second kappa shape index (κ2) is 7.57. The van der Waals surface area contributed by atoms with E-state index in [-0.39, 0.29) is 10.6 Å². The quantitative estimate of drug-likeness (QED) is 0.783. The fraction of sp³-hybridized carbons (Fsp3) is 0.500. The molecule has 1 aromatic carbocycles. The van der Waals surface area contributed by atoms with Gasteiger partial charge < -0.3 is 9.32 Å². The van der Waals surface area contributed by atoms with Gasteiger partial charge in [-0.3, -0.25) is 0 Å². The van der Waals surface area contributed by atoms with E-state index in [2.05, 4.69) is 22.9 Å². The van der Waals surface area contributed by atoms with Crippen molar-refractivity contribution in [3.63, 3.8) is 0 Å². The minimum absolute atomic E-state index is 0.274. The van der Waals surface area contributed by atoms with Crippen LogP contribution in [0.4, 0.5) is 5.88 Å². The number of nitrogens with zero attached hydrogens (tertiary/aromatic N) is 4. The van der Waals surface area contributed by atoms with Gasteiger partial charge in [0.1, 0.15) is 6.07 Å². The highest BCUT2D eigenvalue weighted by Gasteiger charge is 2.28. The zero-order valence-corrected chi connectivity index (χ0v) is 16.8. The standard InChI is InChI=1S/C20H24N4O3S/c1-15-8-12-23(13-9-15)20-18(14-21)22-19(27-20)16-4-6-17(7-5-16)28(25,26)24-10-2-3-11-24/h4-7,15H,2-3,8-13H2,1H3. The fourth-order valence-electron chi connectivity index (χ4n) is 3.78. The number of aromatic nitrogens is 1. The van der Waals surface area contributed by atoms with E-state index in [1.807, 2.05) is 0 Å². The number of hydrogen-bond acceptors (Lipinski definition) is 6. The van der Waals surface area contributed by atoms with E-state index in [4.69, 9.17) is 4.42 Å². The van der Waals surface area contributed by atoms with Crippen LogP contribution in [0.25, 0.3) is 11.5 Å². The Labute approximate surface area is 165 Å². The third-order valence-corrected chi connectivity index (χ3v) is 7.50. The topological polar surface area (TPSA) is 90.4 Å². The lowest BCUT2D eigenvalue weighted by Gasteiger charge is -2.29. The van der Waals surface area contributed by atoms with Gasteiger partial charge in [-0.15, -0.1) is 0 Å². The van der Waals surface area contributed by atoms with Crippen LogP contribution in [0, 0.1) is 17.2 Å². The number of nitriles is 1. The molecule has 8 heteroatoms. The summed E-state index contributed by atoms with van der Waals surface area (Å²) in [6.07, 6.45) is 3.93. The third-order valence-electron chi connectivity index (χ3n) is 5.59. The molecule has 0 bridgehead atoms. The maximum absolute atomic E-state index is 12.7. The number of piperidine rings is 1. The van der Waals surface area contributed by atoms with Crippen molar-refractivity contribution in [1.29, 1.82) is 5.26 Å². The zero-order valence-electron chi connectivity index (χ0n) is 16.0. The predicted octanol–water partition coefficient (Wildman–Crippen LogP) is 3.23. The number of hydrogen-bond donors (Lipinski definition) is 0. The van der Waals surface area contributed by atoms with Crippen LogP contribution in [0.5, 0.6) is 0 Å². The zero-order chi connectivity index (χ0) is 19.7. The number of sulfonamides is 1. The third kappa shape index (κ3) is 3.52. The molecule has 0 N–H and O–H groups in total. The largest absolute Gasteiger partial charge is 0.419 e. The highest BCUT2D eigenvalue weighted by Crippen LogP contribution is 2.31. The second-order valence-corrected chi connectivity index (χ2v) is 9.53. The molecule has 0 unspecified atom stereocenters. The van der Waals surface area contributed by atoms with Crippen LogP contribution < -0.4 is 4.90 Å². The lowest BCUT2D eigenvalue weighted by molar-refractivity contribution is 0.418. The summed E-state index contributed by atoms with van der Waals surface area (Å²) in [5, 5.41) is 9.45. The van der Waals surface area contributed by atoms with Gasteiger partial charge >= 0.3 is 0 Å². The maximum Gasteiger partial charge on any atom is 0.243 e. The molecule has 148 valence electrons. The fourth-order valence-corrected chi connectivity index (χ4v) is 5.30. The highest BCUT2D eigenvalue weighted by molar-refractivity contribution is 7.89. The van der Waals surface area contributed by atoms with Crippen LogP contribution in [0.2, 0.25) is 0 Å². The molecule has 4 rings (SSSR count). The molecule has 2 aliphatic rings. The van der Waals surface area contributed by atoms with Gasteiger partial charge in [0, 0.05) is 31.7 Å². The number of anilines is 1. The first kappa shape index (κ1) is 19.0. The molecule has 28 heavy (non-hydrogen) atoms. The molecule has 0 amide bonds. The molecule has 2 fully saturated rings. The van der Waals surface area contributed by atoms with Crippen molar-refractivity contribution in [2.45, 2.75) is 37.5 Å². The minimum atomic E-state index is -3.45. The lowest BCUT2D eigenvalue weighted by Crippen LogP contribution is -2.32. The van der Waals surface area contributed by atoms with Crippen molar-refractivity contribution < 1.29 is 12.8 Å². The predicted molar refractivity (Wildman–Crippen MR) is 105 cm³/mol. The van der Waals surface area contributed by atoms with Gasteiger partial charge in [0.25, 0.3) is 0 Å². The van der Waals surface area contributed by atoms with Crippen molar-refractivity contribution in [2.24, 2.45) is 5.92 Å². The van der Waals surface area contributed by atoms with E-state index >= 15 is 0 Å². The molecule has 0 saturated carbocycles. The summed E-state index contributed by atoms with van der Waals surface area (Å²) < 4.78 is 32.8. The molecule has 1 aromatic heterocycles. The molecule has 0 aliphatic carbocycles. The summed E-state index contributed by atoms with van der Waals surface area (Å²) in [5.41, 5.74) is 0.937. The first-order valence-electron chi connectivity index (χ1n) is 9.75. The van der Waals surface area contributed by atoms with Crippen LogP contribution in [-0.4, -0.2) is 43.9 Å². The monoisotopic (exact) mass is 400 g/mol. The van der Waals surface area contributed by atoms with Gasteiger partial charge in [-0.05, 0) is 55.9 Å². The van der Waals surface area contributed by atoms with E-state index < -0.39 is 10.0 Å². The highest BCUT2D eigenvalue weighted by atomic mass is 32.2. The molecule has 2 aliphatic heterocycles. The Bertz CT molecular complexity index is 977. The van der Waals surface area contributed by atoms with Crippen molar-refractivity contribution in [2.75, 3.05) is 31.1 Å². The smallest absolute Gasteiger partial charge is 0.243 e. The van der Waals surface area contributed by atoms with E-state index in [9.17, 15) is 13.7 Å². The summed E-state index contributed by atoms with van der Waals surface area (Å²) >= 11 is 0. The SMILES string of the molecule is CC1CCN(c2oc(-c3ccc(S(=O)(=O)N4CCCC4)cc3)nc2C#N)CC1. The Morgan fingerprint density at radius 1 is 1.11 bits per heavy atom. The molecule has 7 nitrogen and oxygen atoms in total. The second-order valence-electron chi connectivity index (χ2n) is 7.59. The van der Waals surface area contributed by atoms with Gasteiger partial charge in [0.2, 0.25) is 27.5 Å². The van der Waals surface area contributed by atoms with E-state index in [1.54, 1.807) is 24.3 Å². The van der Waals surface area contributed by atoms with Crippen LogP contribution in [0.1, 0.15) is 38.3 Å². The number of oxazole rings is 1.